The molecular formula is C15H18BrNO2. The van der Waals surface area contributed by atoms with Crippen LogP contribution in [0.4, 0.5) is 0 Å². The number of hydrogen-bond donors (Lipinski definition) is 1. The molecule has 1 N–H and O–H groups in total. The van der Waals surface area contributed by atoms with E-state index in [2.05, 4.69) is 21.2 Å². The van der Waals surface area contributed by atoms with Gasteiger partial charge in [0.05, 0.1) is 17.7 Å². The van der Waals surface area contributed by atoms with Gasteiger partial charge in [-0.3, -0.25) is 0 Å². The first-order valence-electron chi connectivity index (χ1n) is 7.22. The minimum Gasteiger partial charge on any atom is -0.493 e. The maximum atomic E-state index is 5.96. The van der Waals surface area contributed by atoms with E-state index in [4.69, 9.17) is 9.47 Å². The molecule has 0 saturated carbocycles. The third-order valence-corrected chi connectivity index (χ3v) is 5.28. The van der Waals surface area contributed by atoms with Crippen molar-refractivity contribution < 1.29 is 9.47 Å². The summed E-state index contributed by atoms with van der Waals surface area (Å²) in [6.45, 7) is 2.72. The average molecular weight is 324 g/mol. The van der Waals surface area contributed by atoms with Crippen LogP contribution < -0.4 is 14.8 Å². The lowest BCUT2D eigenvalue weighted by Gasteiger charge is -2.27. The first kappa shape index (κ1) is 12.0. The number of hydrogen-bond acceptors (Lipinski definition) is 3. The molecule has 3 heterocycles. The van der Waals surface area contributed by atoms with Crippen LogP contribution in [0, 0.1) is 0 Å². The monoisotopic (exact) mass is 323 g/mol. The maximum Gasteiger partial charge on any atom is 0.137 e. The van der Waals surface area contributed by atoms with Crippen LogP contribution >= 0.6 is 15.9 Å². The molecule has 4 heteroatoms. The molecule has 3 aliphatic rings. The van der Waals surface area contributed by atoms with E-state index in [-0.39, 0.29) is 0 Å². The van der Waals surface area contributed by atoms with Crippen LogP contribution in [0.1, 0.15) is 42.0 Å². The lowest BCUT2D eigenvalue weighted by Crippen LogP contribution is -2.28. The Morgan fingerprint density at radius 2 is 1.79 bits per heavy atom. The van der Waals surface area contributed by atoms with Crippen LogP contribution in [0.25, 0.3) is 0 Å². The predicted octanol–water partition coefficient (Wildman–Crippen LogP) is 3.13. The quantitative estimate of drug-likeness (QED) is 0.861. The van der Waals surface area contributed by atoms with Gasteiger partial charge in [-0.05, 0) is 35.3 Å². The van der Waals surface area contributed by atoms with Gasteiger partial charge < -0.3 is 14.8 Å². The summed E-state index contributed by atoms with van der Waals surface area (Å²) in [4.78, 5) is 0. The summed E-state index contributed by atoms with van der Waals surface area (Å²) >= 11 is 3.72. The van der Waals surface area contributed by atoms with Crippen molar-refractivity contribution >= 4 is 15.9 Å². The number of rotatable bonds is 1. The SMILES string of the molecule is Brc1c2c(c(C3CCCCN3)c3c1OCC3)OCC2. The Balaban J connectivity index is 1.89. The number of fused-ring (bicyclic) bond motifs is 2. The minimum atomic E-state index is 0.448. The zero-order chi connectivity index (χ0) is 12.8. The molecule has 0 spiro atoms. The topological polar surface area (TPSA) is 30.5 Å². The molecule has 19 heavy (non-hydrogen) atoms. The van der Waals surface area contributed by atoms with E-state index < -0.39 is 0 Å². The van der Waals surface area contributed by atoms with Crippen molar-refractivity contribution in [3.63, 3.8) is 0 Å². The Morgan fingerprint density at radius 3 is 2.58 bits per heavy atom. The fraction of sp³-hybridized carbons (Fsp3) is 0.600. The van der Waals surface area contributed by atoms with E-state index in [9.17, 15) is 0 Å². The van der Waals surface area contributed by atoms with Crippen molar-refractivity contribution in [2.24, 2.45) is 0 Å². The van der Waals surface area contributed by atoms with Crippen molar-refractivity contribution in [1.82, 2.24) is 5.32 Å². The van der Waals surface area contributed by atoms with E-state index in [0.29, 0.717) is 6.04 Å². The Morgan fingerprint density at radius 1 is 1.00 bits per heavy atom. The smallest absolute Gasteiger partial charge is 0.137 e. The van der Waals surface area contributed by atoms with Crippen molar-refractivity contribution in [3.05, 3.63) is 21.2 Å². The van der Waals surface area contributed by atoms with Crippen molar-refractivity contribution in [3.8, 4) is 11.5 Å². The Hall–Kier alpha value is -0.740. The van der Waals surface area contributed by atoms with Crippen molar-refractivity contribution in [2.75, 3.05) is 19.8 Å². The van der Waals surface area contributed by atoms with Gasteiger partial charge in [0.15, 0.2) is 0 Å². The summed E-state index contributed by atoms with van der Waals surface area (Å²) in [7, 11) is 0. The highest BCUT2D eigenvalue weighted by Crippen LogP contribution is 2.50. The number of piperidine rings is 1. The number of benzene rings is 1. The predicted molar refractivity (Wildman–Crippen MR) is 77.1 cm³/mol. The van der Waals surface area contributed by atoms with Gasteiger partial charge >= 0.3 is 0 Å². The molecule has 102 valence electrons. The largest absolute Gasteiger partial charge is 0.493 e. The van der Waals surface area contributed by atoms with Crippen molar-refractivity contribution in [2.45, 2.75) is 38.1 Å². The molecule has 1 aromatic carbocycles. The van der Waals surface area contributed by atoms with Crippen LogP contribution in [-0.4, -0.2) is 19.8 Å². The van der Waals surface area contributed by atoms with Crippen molar-refractivity contribution in [1.29, 1.82) is 0 Å². The lowest BCUT2D eigenvalue weighted by molar-refractivity contribution is 0.338. The number of ether oxygens (including phenoxy) is 2. The third-order valence-electron chi connectivity index (χ3n) is 4.44. The standard InChI is InChI=1S/C15H18BrNO2/c16-13-10-5-8-18-14(10)12(9-4-7-19-15(9)13)11-3-1-2-6-17-11/h11,17H,1-8H2. The number of halogens is 1. The molecule has 3 nitrogen and oxygen atoms in total. The fourth-order valence-corrected chi connectivity index (χ4v) is 4.29. The van der Waals surface area contributed by atoms with E-state index >= 15 is 0 Å². The van der Waals surface area contributed by atoms with E-state index in [1.54, 1.807) is 0 Å². The molecule has 1 aromatic rings. The van der Waals surface area contributed by atoms with Gasteiger partial charge in [0, 0.05) is 35.6 Å². The molecule has 4 rings (SSSR count). The zero-order valence-corrected chi connectivity index (χ0v) is 12.5. The van der Waals surface area contributed by atoms with Gasteiger partial charge in [0.2, 0.25) is 0 Å². The van der Waals surface area contributed by atoms with Gasteiger partial charge in [-0.1, -0.05) is 6.42 Å². The Labute approximate surface area is 121 Å². The average Bonchev–Trinajstić information content (AvgIpc) is 3.09. The van der Waals surface area contributed by atoms with Crippen LogP contribution in [0.3, 0.4) is 0 Å². The van der Waals surface area contributed by atoms with Crippen LogP contribution in [0.5, 0.6) is 11.5 Å². The molecule has 0 bridgehead atoms. The Kier molecular flexibility index (Phi) is 2.96. The van der Waals surface area contributed by atoms with E-state index in [0.717, 1.165) is 48.6 Å². The van der Waals surface area contributed by atoms with Gasteiger partial charge in [0.1, 0.15) is 11.5 Å². The molecule has 0 aliphatic carbocycles. The van der Waals surface area contributed by atoms with E-state index in [1.807, 2.05) is 0 Å². The first-order chi connectivity index (χ1) is 9.36. The normalized spacial score (nSPS) is 24.6. The van der Waals surface area contributed by atoms with Gasteiger partial charge in [-0.25, -0.2) is 0 Å². The maximum absolute atomic E-state index is 5.96. The molecule has 1 fully saturated rings. The summed E-state index contributed by atoms with van der Waals surface area (Å²) in [6, 6.07) is 0.448. The molecule has 1 unspecified atom stereocenters. The third kappa shape index (κ3) is 1.80. The second-order valence-corrected chi connectivity index (χ2v) is 6.34. The molecule has 1 saturated heterocycles. The van der Waals surface area contributed by atoms with Gasteiger partial charge in [-0.2, -0.15) is 0 Å². The highest BCUT2D eigenvalue weighted by atomic mass is 79.9. The van der Waals surface area contributed by atoms with Gasteiger partial charge in [0.25, 0.3) is 0 Å². The molecule has 0 radical (unpaired) electrons. The van der Waals surface area contributed by atoms with Crippen LogP contribution in [0.2, 0.25) is 0 Å². The van der Waals surface area contributed by atoms with Crippen LogP contribution in [-0.2, 0) is 12.8 Å². The minimum absolute atomic E-state index is 0.448. The number of nitrogens with one attached hydrogen (secondary N) is 1. The second kappa shape index (κ2) is 4.67. The summed E-state index contributed by atoms with van der Waals surface area (Å²) in [6.07, 6.45) is 5.81. The highest BCUT2D eigenvalue weighted by Gasteiger charge is 2.34. The first-order valence-corrected chi connectivity index (χ1v) is 8.01. The second-order valence-electron chi connectivity index (χ2n) is 5.54. The van der Waals surface area contributed by atoms with E-state index in [1.165, 1.54) is 36.0 Å². The lowest BCUT2D eigenvalue weighted by atomic mass is 9.90. The summed E-state index contributed by atoms with van der Waals surface area (Å²) in [5.41, 5.74) is 4.07. The zero-order valence-electron chi connectivity index (χ0n) is 10.9. The Bertz CT molecular complexity index is 488. The van der Waals surface area contributed by atoms with Crippen LogP contribution in [0.15, 0.2) is 4.47 Å². The summed E-state index contributed by atoms with van der Waals surface area (Å²) in [5, 5.41) is 3.66. The molecule has 3 aliphatic heterocycles. The molecular weight excluding hydrogens is 306 g/mol. The van der Waals surface area contributed by atoms with Gasteiger partial charge in [-0.15, -0.1) is 0 Å². The summed E-state index contributed by atoms with van der Waals surface area (Å²) < 4.78 is 13.0. The molecule has 0 aromatic heterocycles. The fourth-order valence-electron chi connectivity index (χ4n) is 3.56. The highest BCUT2D eigenvalue weighted by molar-refractivity contribution is 9.10. The molecule has 1 atom stereocenters. The summed E-state index contributed by atoms with van der Waals surface area (Å²) in [5.74, 6) is 2.21. The molecule has 0 amide bonds.